The first-order valence-corrected chi connectivity index (χ1v) is 8.43. The Morgan fingerprint density at radius 2 is 1.67 bits per heavy atom. The standard InChI is InChI=1S/C21H17N3O3/c1-25-18-10-2-3-11-19(18)26-14-15-7-6-8-16(13-15)20-23-24-21(27-20)17-9-4-5-12-22-17/h2-13H,14H2,1H3. The fourth-order valence-electron chi connectivity index (χ4n) is 2.63. The molecule has 0 saturated heterocycles. The van der Waals surface area contributed by atoms with Gasteiger partial charge < -0.3 is 13.9 Å². The van der Waals surface area contributed by atoms with Gasteiger partial charge in [-0.15, -0.1) is 10.2 Å². The molecule has 0 bridgehead atoms. The van der Waals surface area contributed by atoms with Crippen LogP contribution in [0.15, 0.2) is 77.3 Å². The molecule has 2 aromatic heterocycles. The quantitative estimate of drug-likeness (QED) is 0.509. The molecule has 0 aliphatic carbocycles. The Morgan fingerprint density at radius 3 is 2.48 bits per heavy atom. The van der Waals surface area contributed by atoms with Gasteiger partial charge in [0.05, 0.1) is 7.11 Å². The van der Waals surface area contributed by atoms with Gasteiger partial charge in [0, 0.05) is 11.8 Å². The minimum Gasteiger partial charge on any atom is -0.493 e. The van der Waals surface area contributed by atoms with E-state index in [2.05, 4.69) is 15.2 Å². The van der Waals surface area contributed by atoms with Crippen molar-refractivity contribution in [2.24, 2.45) is 0 Å². The number of rotatable bonds is 6. The van der Waals surface area contributed by atoms with Crippen LogP contribution in [0.25, 0.3) is 23.0 Å². The van der Waals surface area contributed by atoms with E-state index in [1.54, 1.807) is 13.3 Å². The minimum atomic E-state index is 0.390. The molecule has 134 valence electrons. The van der Waals surface area contributed by atoms with Gasteiger partial charge in [-0.05, 0) is 42.0 Å². The highest BCUT2D eigenvalue weighted by Gasteiger charge is 2.12. The SMILES string of the molecule is COc1ccccc1OCc1cccc(-c2nnc(-c3ccccn3)o2)c1. The average molecular weight is 359 g/mol. The Balaban J connectivity index is 1.52. The molecule has 0 unspecified atom stereocenters. The third-order valence-corrected chi connectivity index (χ3v) is 3.95. The van der Waals surface area contributed by atoms with Gasteiger partial charge in [-0.1, -0.05) is 30.3 Å². The summed E-state index contributed by atoms with van der Waals surface area (Å²) in [6.07, 6.45) is 1.69. The molecule has 6 heteroatoms. The molecule has 0 spiro atoms. The Kier molecular flexibility index (Phi) is 4.78. The van der Waals surface area contributed by atoms with E-state index in [1.807, 2.05) is 66.7 Å². The zero-order valence-electron chi connectivity index (χ0n) is 14.7. The highest BCUT2D eigenvalue weighted by Crippen LogP contribution is 2.27. The Labute approximate surface area is 156 Å². The number of hydrogen-bond donors (Lipinski definition) is 0. The van der Waals surface area contributed by atoms with Crippen LogP contribution in [0.5, 0.6) is 11.5 Å². The van der Waals surface area contributed by atoms with Crippen molar-refractivity contribution >= 4 is 0 Å². The number of benzene rings is 2. The van der Waals surface area contributed by atoms with Gasteiger partial charge in [0.15, 0.2) is 11.5 Å². The third kappa shape index (κ3) is 3.79. The molecule has 27 heavy (non-hydrogen) atoms. The van der Waals surface area contributed by atoms with E-state index >= 15 is 0 Å². The maximum absolute atomic E-state index is 5.88. The summed E-state index contributed by atoms with van der Waals surface area (Å²) in [4.78, 5) is 4.22. The Morgan fingerprint density at radius 1 is 0.852 bits per heavy atom. The summed E-state index contributed by atoms with van der Waals surface area (Å²) in [5.74, 6) is 2.22. The van der Waals surface area contributed by atoms with E-state index < -0.39 is 0 Å². The van der Waals surface area contributed by atoms with E-state index in [4.69, 9.17) is 13.9 Å². The lowest BCUT2D eigenvalue weighted by Crippen LogP contribution is -1.97. The van der Waals surface area contributed by atoms with Gasteiger partial charge in [0.2, 0.25) is 5.89 Å². The van der Waals surface area contributed by atoms with Crippen LogP contribution in [-0.2, 0) is 6.61 Å². The number of ether oxygens (including phenoxy) is 2. The fraction of sp³-hybridized carbons (Fsp3) is 0.0952. The van der Waals surface area contributed by atoms with E-state index in [1.165, 1.54) is 0 Å². The van der Waals surface area contributed by atoms with Crippen molar-refractivity contribution < 1.29 is 13.9 Å². The minimum absolute atomic E-state index is 0.390. The highest BCUT2D eigenvalue weighted by molar-refractivity contribution is 5.56. The molecule has 0 aliphatic heterocycles. The molecule has 2 heterocycles. The lowest BCUT2D eigenvalue weighted by atomic mass is 10.1. The second kappa shape index (κ2) is 7.70. The summed E-state index contributed by atoms with van der Waals surface area (Å²) in [7, 11) is 1.62. The molecule has 0 N–H and O–H groups in total. The van der Waals surface area contributed by atoms with Crippen LogP contribution in [0.3, 0.4) is 0 Å². The molecule has 2 aromatic carbocycles. The van der Waals surface area contributed by atoms with Crippen molar-refractivity contribution in [2.75, 3.05) is 7.11 Å². The molecule has 0 saturated carbocycles. The second-order valence-corrected chi connectivity index (χ2v) is 5.77. The monoisotopic (exact) mass is 359 g/mol. The first kappa shape index (κ1) is 16.8. The molecular formula is C21H17N3O3. The van der Waals surface area contributed by atoms with Gasteiger partial charge in [-0.25, -0.2) is 0 Å². The lowest BCUT2D eigenvalue weighted by molar-refractivity contribution is 0.284. The van der Waals surface area contributed by atoms with Crippen LogP contribution >= 0.6 is 0 Å². The molecule has 0 aliphatic rings. The molecule has 4 rings (SSSR count). The van der Waals surface area contributed by atoms with Crippen molar-refractivity contribution in [1.29, 1.82) is 0 Å². The average Bonchev–Trinajstić information content (AvgIpc) is 3.24. The summed E-state index contributed by atoms with van der Waals surface area (Å²) >= 11 is 0. The predicted molar refractivity (Wildman–Crippen MR) is 100 cm³/mol. The normalized spacial score (nSPS) is 10.6. The smallest absolute Gasteiger partial charge is 0.266 e. The number of hydrogen-bond acceptors (Lipinski definition) is 6. The van der Waals surface area contributed by atoms with Crippen LogP contribution in [0.1, 0.15) is 5.56 Å². The first-order valence-electron chi connectivity index (χ1n) is 8.43. The zero-order chi connectivity index (χ0) is 18.5. The molecule has 4 aromatic rings. The molecule has 6 nitrogen and oxygen atoms in total. The Hall–Kier alpha value is -3.67. The van der Waals surface area contributed by atoms with Crippen molar-refractivity contribution in [3.63, 3.8) is 0 Å². The van der Waals surface area contributed by atoms with Gasteiger partial charge in [-0.3, -0.25) is 4.98 Å². The van der Waals surface area contributed by atoms with Crippen molar-refractivity contribution in [3.05, 3.63) is 78.5 Å². The van der Waals surface area contributed by atoms with Crippen LogP contribution in [0.2, 0.25) is 0 Å². The summed E-state index contributed by atoms with van der Waals surface area (Å²) in [6.45, 7) is 0.398. The fourth-order valence-corrected chi connectivity index (χ4v) is 2.63. The van der Waals surface area contributed by atoms with Crippen LogP contribution in [-0.4, -0.2) is 22.3 Å². The maximum atomic E-state index is 5.88. The van der Waals surface area contributed by atoms with Crippen LogP contribution < -0.4 is 9.47 Å². The highest BCUT2D eigenvalue weighted by atomic mass is 16.5. The molecule has 0 amide bonds. The number of pyridine rings is 1. The van der Waals surface area contributed by atoms with Crippen molar-refractivity contribution in [2.45, 2.75) is 6.61 Å². The first-order chi connectivity index (χ1) is 13.3. The number of aromatic nitrogens is 3. The summed E-state index contributed by atoms with van der Waals surface area (Å²) in [5.41, 5.74) is 2.45. The zero-order valence-corrected chi connectivity index (χ0v) is 14.7. The van der Waals surface area contributed by atoms with Crippen LogP contribution in [0.4, 0.5) is 0 Å². The largest absolute Gasteiger partial charge is 0.493 e. The summed E-state index contributed by atoms with van der Waals surface area (Å²) < 4.78 is 16.9. The lowest BCUT2D eigenvalue weighted by Gasteiger charge is -2.10. The van der Waals surface area contributed by atoms with Gasteiger partial charge in [0.1, 0.15) is 12.3 Å². The Bertz CT molecular complexity index is 1030. The summed E-state index contributed by atoms with van der Waals surface area (Å²) in [6, 6.07) is 20.9. The van der Waals surface area contributed by atoms with E-state index in [9.17, 15) is 0 Å². The van der Waals surface area contributed by atoms with E-state index in [-0.39, 0.29) is 0 Å². The van der Waals surface area contributed by atoms with E-state index in [0.717, 1.165) is 11.1 Å². The van der Waals surface area contributed by atoms with Gasteiger partial charge >= 0.3 is 0 Å². The second-order valence-electron chi connectivity index (χ2n) is 5.77. The number of methoxy groups -OCH3 is 1. The van der Waals surface area contributed by atoms with Gasteiger partial charge in [-0.2, -0.15) is 0 Å². The molecule has 0 fully saturated rings. The predicted octanol–water partition coefficient (Wildman–Crippen LogP) is 4.39. The molecule has 0 radical (unpaired) electrons. The third-order valence-electron chi connectivity index (χ3n) is 3.95. The van der Waals surface area contributed by atoms with Crippen molar-refractivity contribution in [3.8, 4) is 34.5 Å². The number of para-hydroxylation sites is 2. The summed E-state index contributed by atoms with van der Waals surface area (Å²) in [5, 5.41) is 8.21. The number of nitrogens with zero attached hydrogens (tertiary/aromatic N) is 3. The maximum Gasteiger partial charge on any atom is 0.266 e. The van der Waals surface area contributed by atoms with Crippen molar-refractivity contribution in [1.82, 2.24) is 15.2 Å². The van der Waals surface area contributed by atoms with E-state index in [0.29, 0.717) is 35.6 Å². The topological polar surface area (TPSA) is 70.3 Å². The van der Waals surface area contributed by atoms with Gasteiger partial charge in [0.25, 0.3) is 5.89 Å². The van der Waals surface area contributed by atoms with Crippen LogP contribution in [0, 0.1) is 0 Å². The molecular weight excluding hydrogens is 342 g/mol. The molecule has 0 atom stereocenters.